The Balaban J connectivity index is 1.52. The first kappa shape index (κ1) is 17.4. The van der Waals surface area contributed by atoms with Gasteiger partial charge in [-0.25, -0.2) is 4.39 Å². The highest BCUT2D eigenvalue weighted by Gasteiger charge is 2.43. The summed E-state index contributed by atoms with van der Waals surface area (Å²) >= 11 is 1.32. The monoisotopic (exact) mass is 374 g/mol. The molecule has 2 aliphatic rings. The molecule has 3 atom stereocenters. The molecule has 4 rings (SSSR count). The van der Waals surface area contributed by atoms with Gasteiger partial charge in [-0.2, -0.15) is 0 Å². The van der Waals surface area contributed by atoms with E-state index in [4.69, 9.17) is 0 Å². The molecule has 1 aliphatic carbocycles. The van der Waals surface area contributed by atoms with Gasteiger partial charge < -0.3 is 4.90 Å². The highest BCUT2D eigenvalue weighted by Crippen LogP contribution is 2.45. The summed E-state index contributed by atoms with van der Waals surface area (Å²) in [6.45, 7) is 0. The van der Waals surface area contributed by atoms with Gasteiger partial charge in [-0.1, -0.05) is 6.07 Å². The number of nitrogens with one attached hydrogen (secondary N) is 1. The van der Waals surface area contributed by atoms with E-state index in [9.17, 15) is 14.1 Å². The Morgan fingerprint density at radius 1 is 1.27 bits per heavy atom. The minimum atomic E-state index is -0.674. The van der Waals surface area contributed by atoms with Crippen LogP contribution >= 0.6 is 11.8 Å². The number of amides is 1. The van der Waals surface area contributed by atoms with Crippen LogP contribution in [0.4, 0.5) is 10.1 Å². The molecule has 0 aromatic heterocycles. The number of benzene rings is 2. The standard InChI is InChI=1S/C19H20FN3O2S/c1-22(2)14-6-3-12(10-14)18(24)21-19-23(25)16-8-4-11-9-13(20)5-7-15(11)17(16)26-19/h4-5,7-9,12,14,19H,3,6,10H2,1-2H3/p+1/t12-,14+,19?/m0/s1. The zero-order valence-electron chi connectivity index (χ0n) is 14.7. The molecule has 1 heterocycles. The Kier molecular flexibility index (Phi) is 4.44. The molecular weight excluding hydrogens is 353 g/mol. The summed E-state index contributed by atoms with van der Waals surface area (Å²) in [6.07, 6.45) is 2.67. The van der Waals surface area contributed by atoms with Crippen molar-refractivity contribution in [3.63, 3.8) is 0 Å². The molecule has 1 N–H and O–H groups in total. The number of hydrogen-bond acceptors (Lipinski definition) is 4. The zero-order valence-corrected chi connectivity index (χ0v) is 15.6. The average Bonchev–Trinajstić information content (AvgIpc) is 3.21. The lowest BCUT2D eigenvalue weighted by Gasteiger charge is -2.18. The van der Waals surface area contributed by atoms with Crippen molar-refractivity contribution in [3.05, 3.63) is 41.1 Å². The molecule has 136 valence electrons. The summed E-state index contributed by atoms with van der Waals surface area (Å²) in [6, 6.07) is 8.39. The number of fused-ring (bicyclic) bond motifs is 3. The van der Waals surface area contributed by atoms with E-state index in [1.807, 2.05) is 14.1 Å². The van der Waals surface area contributed by atoms with Gasteiger partial charge in [-0.05, 0) is 68.7 Å². The second-order valence-electron chi connectivity index (χ2n) is 7.21. The predicted molar refractivity (Wildman–Crippen MR) is 99.8 cm³/mol. The summed E-state index contributed by atoms with van der Waals surface area (Å²) in [7, 11) is 4.06. The minimum Gasteiger partial charge on any atom is -0.306 e. The van der Waals surface area contributed by atoms with Gasteiger partial charge in [-0.3, -0.25) is 10.1 Å². The van der Waals surface area contributed by atoms with E-state index in [0.717, 1.165) is 39.7 Å². The first-order valence-corrected chi connectivity index (χ1v) is 9.64. The van der Waals surface area contributed by atoms with Crippen LogP contribution in [0, 0.1) is 16.6 Å². The van der Waals surface area contributed by atoms with E-state index < -0.39 is 5.50 Å². The number of nitrogens with zero attached hydrogens (tertiary/aromatic N) is 2. The van der Waals surface area contributed by atoms with Crippen molar-refractivity contribution in [3.8, 4) is 0 Å². The number of carbonyl (C=O) groups is 1. The van der Waals surface area contributed by atoms with Gasteiger partial charge in [0.25, 0.3) is 5.69 Å². The maximum absolute atomic E-state index is 13.4. The second kappa shape index (κ2) is 6.63. The molecule has 0 bridgehead atoms. The second-order valence-corrected chi connectivity index (χ2v) is 8.30. The molecule has 1 saturated carbocycles. The van der Waals surface area contributed by atoms with Crippen molar-refractivity contribution in [2.24, 2.45) is 5.92 Å². The third kappa shape index (κ3) is 2.99. The number of carbonyl (C=O) groups excluding carboxylic acids is 1. The normalized spacial score (nSPS) is 25.1. The van der Waals surface area contributed by atoms with Crippen LogP contribution in [0.3, 0.4) is 0 Å². The van der Waals surface area contributed by atoms with E-state index in [-0.39, 0.29) is 17.6 Å². The molecule has 7 heteroatoms. The molecular formula is C19H21FN3O2S+. The molecule has 2 aromatic carbocycles. The van der Waals surface area contributed by atoms with Crippen LogP contribution in [0.2, 0.25) is 0 Å². The van der Waals surface area contributed by atoms with Gasteiger partial charge >= 0.3 is 5.50 Å². The van der Waals surface area contributed by atoms with Crippen molar-refractivity contribution < 1.29 is 13.9 Å². The third-order valence-corrected chi connectivity index (χ3v) is 6.56. The lowest BCUT2D eigenvalue weighted by Crippen LogP contribution is -2.39. The smallest absolute Gasteiger partial charge is 0.306 e. The maximum atomic E-state index is 13.4. The van der Waals surface area contributed by atoms with Gasteiger partial charge in [0, 0.05) is 28.3 Å². The van der Waals surface area contributed by atoms with Gasteiger partial charge in [0.2, 0.25) is 5.91 Å². The summed E-state index contributed by atoms with van der Waals surface area (Å²) in [5.41, 5.74) is -0.149. The molecule has 1 aliphatic heterocycles. The first-order valence-electron chi connectivity index (χ1n) is 8.76. The van der Waals surface area contributed by atoms with Crippen LogP contribution in [0.5, 0.6) is 0 Å². The van der Waals surface area contributed by atoms with Gasteiger partial charge in [0.05, 0.1) is 9.66 Å². The van der Waals surface area contributed by atoms with Gasteiger partial charge in [0.1, 0.15) is 5.82 Å². The summed E-state index contributed by atoms with van der Waals surface area (Å²) in [5, 5.41) is 4.48. The fourth-order valence-electron chi connectivity index (χ4n) is 3.84. The quantitative estimate of drug-likeness (QED) is 0.834. The van der Waals surface area contributed by atoms with E-state index in [1.54, 1.807) is 18.2 Å². The van der Waals surface area contributed by atoms with E-state index in [0.29, 0.717) is 11.7 Å². The summed E-state index contributed by atoms with van der Waals surface area (Å²) in [5.74, 6) is -0.414. The average molecular weight is 374 g/mol. The topological polar surface area (TPSA) is 52.4 Å². The Morgan fingerprint density at radius 3 is 2.81 bits per heavy atom. The molecule has 26 heavy (non-hydrogen) atoms. The van der Waals surface area contributed by atoms with Crippen LogP contribution in [-0.4, -0.2) is 41.2 Å². The Bertz CT molecular complexity index is 902. The predicted octanol–water partition coefficient (Wildman–Crippen LogP) is 3.63. The van der Waals surface area contributed by atoms with Crippen molar-refractivity contribution in [2.45, 2.75) is 35.7 Å². The highest BCUT2D eigenvalue weighted by molar-refractivity contribution is 8.00. The zero-order chi connectivity index (χ0) is 18.4. The molecule has 0 saturated heterocycles. The highest BCUT2D eigenvalue weighted by atomic mass is 32.2. The van der Waals surface area contributed by atoms with Crippen LogP contribution in [0.1, 0.15) is 19.3 Å². The Labute approximate surface area is 155 Å². The lowest BCUT2D eigenvalue weighted by molar-refractivity contribution is -0.480. The molecule has 5 nitrogen and oxygen atoms in total. The molecule has 1 fully saturated rings. The summed E-state index contributed by atoms with van der Waals surface area (Å²) < 4.78 is 14.3. The van der Waals surface area contributed by atoms with Crippen molar-refractivity contribution in [1.29, 1.82) is 0 Å². The summed E-state index contributed by atoms with van der Waals surface area (Å²) in [4.78, 5) is 28.2. The number of nitroso groups, excluding NO2 is 1. The van der Waals surface area contributed by atoms with E-state index >= 15 is 0 Å². The number of thioether (sulfide) groups is 1. The van der Waals surface area contributed by atoms with Gasteiger partial charge in [0.15, 0.2) is 0 Å². The van der Waals surface area contributed by atoms with Crippen molar-refractivity contribution in [1.82, 2.24) is 10.2 Å². The van der Waals surface area contributed by atoms with Crippen LogP contribution in [0.25, 0.3) is 10.8 Å². The Hall–Kier alpha value is -1.99. The molecule has 0 radical (unpaired) electrons. The van der Waals surface area contributed by atoms with Crippen molar-refractivity contribution in [2.75, 3.05) is 14.1 Å². The number of halogens is 1. The molecule has 1 amide bonds. The molecule has 1 unspecified atom stereocenters. The fraction of sp³-hybridized carbons (Fsp3) is 0.421. The van der Waals surface area contributed by atoms with Gasteiger partial charge in [-0.15, -0.1) is 0 Å². The lowest BCUT2D eigenvalue weighted by atomic mass is 10.1. The largest absolute Gasteiger partial charge is 0.335 e. The number of hydrogen-bond donors (Lipinski definition) is 1. The molecule has 0 spiro atoms. The maximum Gasteiger partial charge on any atom is 0.335 e. The van der Waals surface area contributed by atoms with E-state index in [1.165, 1.54) is 23.9 Å². The SMILES string of the molecule is CN(C)[C@@H]1CC[C@H](C(=O)NC2Sc3c(ccc4cc(F)ccc34)[N+]2=O)C1. The molecule has 2 aromatic rings. The number of rotatable bonds is 3. The third-order valence-electron chi connectivity index (χ3n) is 5.36. The van der Waals surface area contributed by atoms with E-state index in [2.05, 4.69) is 10.2 Å². The minimum absolute atomic E-state index is 0.0500. The Morgan fingerprint density at radius 2 is 2.08 bits per heavy atom. The first-order chi connectivity index (χ1) is 12.4. The van der Waals surface area contributed by atoms with Crippen LogP contribution in [-0.2, 0) is 4.79 Å². The fourth-order valence-corrected chi connectivity index (χ4v) is 5.04. The van der Waals surface area contributed by atoms with Crippen LogP contribution < -0.4 is 5.32 Å². The van der Waals surface area contributed by atoms with Crippen LogP contribution in [0.15, 0.2) is 35.2 Å². The van der Waals surface area contributed by atoms with Crippen molar-refractivity contribution >= 4 is 34.1 Å².